The van der Waals surface area contributed by atoms with E-state index < -0.39 is 0 Å². The van der Waals surface area contributed by atoms with Crippen LogP contribution in [-0.2, 0) is 20.9 Å². The SMILES string of the molecule is CC(=O)NCc1nccnc1C1CCN(C(=O)C2CCCCO2)CC1. The van der Waals surface area contributed by atoms with Gasteiger partial charge in [-0.05, 0) is 32.1 Å². The van der Waals surface area contributed by atoms with Crippen LogP contribution in [-0.4, -0.2) is 52.5 Å². The average Bonchev–Trinajstić information content (AvgIpc) is 2.67. The number of piperidine rings is 1. The molecule has 7 heteroatoms. The Morgan fingerprint density at radius 2 is 1.96 bits per heavy atom. The Bertz CT molecular complexity index is 608. The summed E-state index contributed by atoms with van der Waals surface area (Å²) in [5.41, 5.74) is 1.76. The molecule has 0 aliphatic carbocycles. The first kappa shape index (κ1) is 17.8. The van der Waals surface area contributed by atoms with Gasteiger partial charge in [-0.2, -0.15) is 0 Å². The van der Waals surface area contributed by atoms with E-state index in [-0.39, 0.29) is 23.8 Å². The predicted molar refractivity (Wildman–Crippen MR) is 91.7 cm³/mol. The van der Waals surface area contributed by atoms with Gasteiger partial charge in [0.2, 0.25) is 5.91 Å². The third-order valence-electron chi connectivity index (χ3n) is 4.96. The van der Waals surface area contributed by atoms with E-state index in [0.29, 0.717) is 13.2 Å². The van der Waals surface area contributed by atoms with Crippen LogP contribution in [0.15, 0.2) is 12.4 Å². The Kier molecular flexibility index (Phi) is 5.96. The first-order valence-corrected chi connectivity index (χ1v) is 9.09. The van der Waals surface area contributed by atoms with E-state index in [0.717, 1.165) is 56.6 Å². The van der Waals surface area contributed by atoms with Crippen molar-refractivity contribution in [3.8, 4) is 0 Å². The van der Waals surface area contributed by atoms with E-state index in [1.165, 1.54) is 6.92 Å². The number of hydrogen-bond donors (Lipinski definition) is 1. The van der Waals surface area contributed by atoms with E-state index in [2.05, 4.69) is 15.3 Å². The number of ether oxygens (including phenoxy) is 1. The maximum absolute atomic E-state index is 12.6. The van der Waals surface area contributed by atoms with Gasteiger partial charge in [-0.25, -0.2) is 0 Å². The maximum Gasteiger partial charge on any atom is 0.251 e. The summed E-state index contributed by atoms with van der Waals surface area (Å²) in [6.45, 7) is 4.03. The van der Waals surface area contributed by atoms with Crippen molar-refractivity contribution >= 4 is 11.8 Å². The molecule has 1 N–H and O–H groups in total. The maximum atomic E-state index is 12.6. The van der Waals surface area contributed by atoms with Crippen LogP contribution in [0.2, 0.25) is 0 Å². The van der Waals surface area contributed by atoms with Crippen LogP contribution in [0.4, 0.5) is 0 Å². The standard InChI is InChI=1S/C18H26N4O3/c1-13(23)21-12-15-17(20-8-7-19-15)14-5-9-22(10-6-14)18(24)16-4-2-3-11-25-16/h7-8,14,16H,2-6,9-12H2,1H3,(H,21,23). The Labute approximate surface area is 148 Å². The van der Waals surface area contributed by atoms with Crippen molar-refractivity contribution in [1.82, 2.24) is 20.2 Å². The number of amides is 2. The molecule has 0 bridgehead atoms. The highest BCUT2D eigenvalue weighted by Gasteiger charge is 2.31. The molecule has 1 unspecified atom stereocenters. The van der Waals surface area contributed by atoms with Crippen LogP contribution in [0.3, 0.4) is 0 Å². The molecular formula is C18H26N4O3. The fourth-order valence-electron chi connectivity index (χ4n) is 3.58. The molecule has 1 aromatic rings. The number of carbonyl (C=O) groups is 2. The molecule has 0 aromatic carbocycles. The smallest absolute Gasteiger partial charge is 0.251 e. The monoisotopic (exact) mass is 346 g/mol. The van der Waals surface area contributed by atoms with Crippen LogP contribution in [0.5, 0.6) is 0 Å². The Balaban J connectivity index is 1.58. The largest absolute Gasteiger partial charge is 0.368 e. The van der Waals surface area contributed by atoms with E-state index in [1.54, 1.807) is 12.4 Å². The highest BCUT2D eigenvalue weighted by molar-refractivity contribution is 5.81. The fraction of sp³-hybridized carbons (Fsp3) is 0.667. The second kappa shape index (κ2) is 8.38. The zero-order valence-electron chi connectivity index (χ0n) is 14.7. The molecular weight excluding hydrogens is 320 g/mol. The normalized spacial score (nSPS) is 21.8. The van der Waals surface area contributed by atoms with Gasteiger partial charge in [0.05, 0.1) is 17.9 Å². The number of carbonyl (C=O) groups excluding carboxylic acids is 2. The molecule has 3 heterocycles. The minimum Gasteiger partial charge on any atom is -0.368 e. The first-order chi connectivity index (χ1) is 12.1. The van der Waals surface area contributed by atoms with Crippen LogP contribution >= 0.6 is 0 Å². The highest BCUT2D eigenvalue weighted by Crippen LogP contribution is 2.29. The lowest BCUT2D eigenvalue weighted by Crippen LogP contribution is -2.45. The average molecular weight is 346 g/mol. The molecule has 2 amide bonds. The molecule has 2 saturated heterocycles. The number of nitrogens with one attached hydrogen (secondary N) is 1. The molecule has 25 heavy (non-hydrogen) atoms. The van der Waals surface area contributed by atoms with Crippen LogP contribution < -0.4 is 5.32 Å². The first-order valence-electron chi connectivity index (χ1n) is 9.09. The summed E-state index contributed by atoms with van der Waals surface area (Å²) >= 11 is 0. The summed E-state index contributed by atoms with van der Waals surface area (Å²) in [7, 11) is 0. The Morgan fingerprint density at radius 1 is 1.20 bits per heavy atom. The summed E-state index contributed by atoms with van der Waals surface area (Å²) in [4.78, 5) is 34.5. The lowest BCUT2D eigenvalue weighted by Gasteiger charge is -2.35. The number of hydrogen-bond acceptors (Lipinski definition) is 5. The molecule has 0 spiro atoms. The summed E-state index contributed by atoms with van der Waals surface area (Å²) in [5.74, 6) is 0.328. The van der Waals surface area contributed by atoms with Gasteiger partial charge < -0.3 is 15.0 Å². The fourth-order valence-corrected chi connectivity index (χ4v) is 3.58. The van der Waals surface area contributed by atoms with Crippen molar-refractivity contribution in [2.45, 2.75) is 57.6 Å². The molecule has 0 radical (unpaired) electrons. The third kappa shape index (κ3) is 4.54. The van der Waals surface area contributed by atoms with Crippen LogP contribution in [0, 0.1) is 0 Å². The summed E-state index contributed by atoms with van der Waals surface area (Å²) in [6.07, 6.45) is 7.78. The lowest BCUT2D eigenvalue weighted by atomic mass is 9.91. The lowest BCUT2D eigenvalue weighted by molar-refractivity contribution is -0.147. The van der Waals surface area contributed by atoms with Crippen molar-refractivity contribution in [3.63, 3.8) is 0 Å². The molecule has 1 atom stereocenters. The molecule has 0 saturated carbocycles. The van der Waals surface area contributed by atoms with Crippen LogP contribution in [0.25, 0.3) is 0 Å². The molecule has 1 aromatic heterocycles. The van der Waals surface area contributed by atoms with Gasteiger partial charge in [0.15, 0.2) is 0 Å². The zero-order chi connectivity index (χ0) is 17.6. The van der Waals surface area contributed by atoms with E-state index in [9.17, 15) is 9.59 Å². The number of rotatable bonds is 4. The van der Waals surface area contributed by atoms with Crippen molar-refractivity contribution in [3.05, 3.63) is 23.8 Å². The van der Waals surface area contributed by atoms with E-state index >= 15 is 0 Å². The quantitative estimate of drug-likeness (QED) is 0.890. The van der Waals surface area contributed by atoms with Gasteiger partial charge >= 0.3 is 0 Å². The minimum absolute atomic E-state index is 0.0792. The van der Waals surface area contributed by atoms with E-state index in [1.807, 2.05) is 4.90 Å². The second-order valence-corrected chi connectivity index (χ2v) is 6.75. The molecule has 7 nitrogen and oxygen atoms in total. The predicted octanol–water partition coefficient (Wildman–Crippen LogP) is 1.39. The van der Waals surface area contributed by atoms with Gasteiger partial charge in [0, 0.05) is 44.9 Å². The van der Waals surface area contributed by atoms with Crippen molar-refractivity contribution in [2.75, 3.05) is 19.7 Å². The number of nitrogens with zero attached hydrogens (tertiary/aromatic N) is 3. The van der Waals surface area contributed by atoms with Gasteiger partial charge in [-0.3, -0.25) is 19.6 Å². The molecule has 2 aliphatic rings. The highest BCUT2D eigenvalue weighted by atomic mass is 16.5. The molecule has 2 fully saturated rings. The van der Waals surface area contributed by atoms with Crippen molar-refractivity contribution in [1.29, 1.82) is 0 Å². The topological polar surface area (TPSA) is 84.4 Å². The summed E-state index contributed by atoms with van der Waals surface area (Å²) in [6, 6.07) is 0. The zero-order valence-corrected chi connectivity index (χ0v) is 14.7. The van der Waals surface area contributed by atoms with Gasteiger partial charge in [0.25, 0.3) is 5.91 Å². The number of aromatic nitrogens is 2. The van der Waals surface area contributed by atoms with E-state index in [4.69, 9.17) is 4.74 Å². The third-order valence-corrected chi connectivity index (χ3v) is 4.96. The number of likely N-dealkylation sites (tertiary alicyclic amines) is 1. The van der Waals surface area contributed by atoms with Crippen molar-refractivity contribution in [2.24, 2.45) is 0 Å². The van der Waals surface area contributed by atoms with Gasteiger partial charge in [-0.15, -0.1) is 0 Å². The Hall–Kier alpha value is -2.02. The molecule has 136 valence electrons. The molecule has 2 aliphatic heterocycles. The van der Waals surface area contributed by atoms with Crippen molar-refractivity contribution < 1.29 is 14.3 Å². The van der Waals surface area contributed by atoms with Crippen LogP contribution in [0.1, 0.15) is 56.3 Å². The van der Waals surface area contributed by atoms with Gasteiger partial charge in [0.1, 0.15) is 6.10 Å². The summed E-state index contributed by atoms with van der Waals surface area (Å²) in [5, 5.41) is 2.79. The minimum atomic E-state index is -0.253. The molecule has 3 rings (SSSR count). The summed E-state index contributed by atoms with van der Waals surface area (Å²) < 4.78 is 5.62. The second-order valence-electron chi connectivity index (χ2n) is 6.75. The van der Waals surface area contributed by atoms with Gasteiger partial charge in [-0.1, -0.05) is 0 Å². The Morgan fingerprint density at radius 3 is 2.64 bits per heavy atom.